The molecule has 0 aliphatic heterocycles. The van der Waals surface area contributed by atoms with Gasteiger partial charge in [-0.05, 0) is 29.0 Å². The summed E-state index contributed by atoms with van der Waals surface area (Å²) in [5.41, 5.74) is -1.21. The number of halogens is 1. The molecule has 1 N–H and O–H groups in total. The van der Waals surface area contributed by atoms with Crippen LogP contribution in [0.3, 0.4) is 0 Å². The molecule has 0 saturated heterocycles. The highest BCUT2D eigenvalue weighted by Gasteiger charge is 2.24. The lowest BCUT2D eigenvalue weighted by molar-refractivity contribution is 0.0679. The summed E-state index contributed by atoms with van der Waals surface area (Å²) < 4.78 is 0.939. The molecular formula is C13H12IN3O5. The number of unbranched alkanes of at least 4 members (excludes halogenated alkanes) is 1. The number of aromatic carboxylic acids is 1. The molecule has 2 aromatic heterocycles. The van der Waals surface area contributed by atoms with Gasteiger partial charge in [-0.3, -0.25) is 9.59 Å². The molecule has 0 radical (unpaired) electrons. The molecule has 2 heterocycles. The van der Waals surface area contributed by atoms with E-state index >= 15 is 0 Å². The molecule has 0 saturated carbocycles. The van der Waals surface area contributed by atoms with Gasteiger partial charge in [0.2, 0.25) is 0 Å². The van der Waals surface area contributed by atoms with Gasteiger partial charge in [-0.25, -0.2) is 14.8 Å². The van der Waals surface area contributed by atoms with Crippen molar-refractivity contribution in [1.29, 1.82) is 0 Å². The van der Waals surface area contributed by atoms with Crippen molar-refractivity contribution < 1.29 is 19.5 Å². The zero-order valence-corrected chi connectivity index (χ0v) is 13.7. The van der Waals surface area contributed by atoms with Crippen LogP contribution in [0.5, 0.6) is 0 Å². The molecule has 0 aliphatic rings. The van der Waals surface area contributed by atoms with Gasteiger partial charge in [0.1, 0.15) is 24.2 Å². The third-order valence-corrected chi connectivity index (χ3v) is 4.01. The molecule has 0 unspecified atom stereocenters. The fourth-order valence-electron chi connectivity index (χ4n) is 1.87. The van der Waals surface area contributed by atoms with Crippen LogP contribution >= 0.6 is 22.6 Å². The van der Waals surface area contributed by atoms with Crippen LogP contribution < -0.4 is 10.4 Å². The van der Waals surface area contributed by atoms with E-state index in [0.717, 1.165) is 17.5 Å². The molecule has 0 bridgehead atoms. The number of aromatic nitrogens is 3. The largest absolute Gasteiger partial charge is 0.477 e. The maximum atomic E-state index is 12.3. The first-order valence-electron chi connectivity index (χ1n) is 6.43. The Balaban J connectivity index is 2.84. The van der Waals surface area contributed by atoms with E-state index in [2.05, 4.69) is 9.97 Å². The van der Waals surface area contributed by atoms with E-state index in [9.17, 15) is 19.5 Å². The topological polar surface area (TPSA) is 111 Å². The van der Waals surface area contributed by atoms with Gasteiger partial charge in [0.25, 0.3) is 0 Å². The van der Waals surface area contributed by atoms with Crippen LogP contribution in [0.15, 0.2) is 11.1 Å². The molecule has 0 aromatic carbocycles. The highest BCUT2D eigenvalue weighted by molar-refractivity contribution is 14.1. The van der Waals surface area contributed by atoms with Crippen LogP contribution in [0.4, 0.5) is 0 Å². The van der Waals surface area contributed by atoms with E-state index in [1.54, 1.807) is 22.6 Å². The summed E-state index contributed by atoms with van der Waals surface area (Å²) in [7, 11) is 0. The van der Waals surface area contributed by atoms with Crippen LogP contribution in [0, 0.1) is 3.57 Å². The highest BCUT2D eigenvalue weighted by Crippen LogP contribution is 2.22. The van der Waals surface area contributed by atoms with Gasteiger partial charge in [-0.15, -0.1) is 4.73 Å². The second kappa shape index (κ2) is 6.81. The standard InChI is InChI=1S/C13H12IN3O5/c1-2-3-4-22-17-11-8(7(5-18)15-6-16-11)10(14)9(12(17)19)13(20)21/h5-6H,2-4H2,1H3,(H,20,21). The van der Waals surface area contributed by atoms with E-state index in [1.165, 1.54) is 0 Å². The average Bonchev–Trinajstić information content (AvgIpc) is 2.49. The quantitative estimate of drug-likeness (QED) is 0.426. The summed E-state index contributed by atoms with van der Waals surface area (Å²) in [5, 5.41) is 9.45. The minimum atomic E-state index is -1.40. The van der Waals surface area contributed by atoms with Crippen LogP contribution in [0.1, 0.15) is 40.6 Å². The second-order valence-electron chi connectivity index (χ2n) is 4.36. The summed E-state index contributed by atoms with van der Waals surface area (Å²) in [4.78, 5) is 48.0. The van der Waals surface area contributed by atoms with Crippen molar-refractivity contribution in [3.05, 3.63) is 31.5 Å². The molecule has 22 heavy (non-hydrogen) atoms. The molecule has 0 fully saturated rings. The second-order valence-corrected chi connectivity index (χ2v) is 5.43. The molecule has 2 rings (SSSR count). The Morgan fingerprint density at radius 3 is 2.82 bits per heavy atom. The van der Waals surface area contributed by atoms with Gasteiger partial charge in [0.15, 0.2) is 11.9 Å². The van der Waals surface area contributed by atoms with Gasteiger partial charge in [0, 0.05) is 3.57 Å². The summed E-state index contributed by atoms with van der Waals surface area (Å²) in [6.45, 7) is 2.18. The number of fused-ring (bicyclic) bond motifs is 1. The number of carbonyl (C=O) groups excluding carboxylic acids is 1. The Bertz CT molecular complexity index is 802. The Morgan fingerprint density at radius 2 is 2.23 bits per heavy atom. The minimum Gasteiger partial charge on any atom is -0.477 e. The number of carbonyl (C=O) groups is 2. The van der Waals surface area contributed by atoms with Crippen LogP contribution in [0.2, 0.25) is 0 Å². The van der Waals surface area contributed by atoms with E-state index in [-0.39, 0.29) is 26.9 Å². The van der Waals surface area contributed by atoms with Crippen molar-refractivity contribution in [2.45, 2.75) is 19.8 Å². The molecule has 0 aliphatic carbocycles. The summed E-state index contributed by atoms with van der Waals surface area (Å²) in [6, 6.07) is 0. The predicted octanol–water partition coefficient (Wildman–Crippen LogP) is 1.14. The molecule has 0 spiro atoms. The lowest BCUT2D eigenvalue weighted by atomic mass is 10.2. The first-order chi connectivity index (χ1) is 10.5. The molecular weight excluding hydrogens is 405 g/mol. The third kappa shape index (κ3) is 2.80. The van der Waals surface area contributed by atoms with Crippen LogP contribution in [-0.4, -0.2) is 38.7 Å². The molecule has 2 aromatic rings. The van der Waals surface area contributed by atoms with Gasteiger partial charge in [0.05, 0.1) is 5.39 Å². The van der Waals surface area contributed by atoms with Crippen molar-refractivity contribution in [3.8, 4) is 0 Å². The van der Waals surface area contributed by atoms with Crippen molar-refractivity contribution >= 4 is 45.9 Å². The number of carboxylic acid groups (broad SMARTS) is 1. The zero-order valence-electron chi connectivity index (χ0n) is 11.6. The molecule has 116 valence electrons. The smallest absolute Gasteiger partial charge is 0.342 e. The number of pyridine rings is 1. The Kier molecular flexibility index (Phi) is 5.06. The summed E-state index contributed by atoms with van der Waals surface area (Å²) in [5.74, 6) is -1.40. The minimum absolute atomic E-state index is 0.00439. The monoisotopic (exact) mass is 417 g/mol. The van der Waals surface area contributed by atoms with E-state index in [4.69, 9.17) is 4.84 Å². The first kappa shape index (κ1) is 16.3. The number of rotatable bonds is 6. The maximum absolute atomic E-state index is 12.3. The summed E-state index contributed by atoms with van der Waals surface area (Å²) >= 11 is 1.70. The number of hydrogen-bond acceptors (Lipinski definition) is 6. The van der Waals surface area contributed by atoms with Gasteiger partial charge >= 0.3 is 11.5 Å². The Hall–Kier alpha value is -2.04. The van der Waals surface area contributed by atoms with Crippen molar-refractivity contribution in [3.63, 3.8) is 0 Å². The number of aldehydes is 1. The maximum Gasteiger partial charge on any atom is 0.342 e. The Labute approximate surface area is 138 Å². The Morgan fingerprint density at radius 1 is 1.50 bits per heavy atom. The van der Waals surface area contributed by atoms with Gasteiger partial charge in [-0.2, -0.15) is 0 Å². The normalized spacial score (nSPS) is 10.6. The van der Waals surface area contributed by atoms with Crippen LogP contribution in [-0.2, 0) is 0 Å². The molecule has 9 heteroatoms. The molecule has 0 amide bonds. The van der Waals surface area contributed by atoms with Gasteiger partial charge < -0.3 is 9.94 Å². The SMILES string of the molecule is CCCCOn1c(=O)c(C(=O)O)c(I)c2c(C=O)ncnc21. The fourth-order valence-corrected chi connectivity index (χ4v) is 2.84. The van der Waals surface area contributed by atoms with Gasteiger partial charge in [-0.1, -0.05) is 13.3 Å². The lowest BCUT2D eigenvalue weighted by Gasteiger charge is -2.13. The van der Waals surface area contributed by atoms with E-state index < -0.39 is 17.1 Å². The zero-order chi connectivity index (χ0) is 16.3. The molecule has 8 nitrogen and oxygen atoms in total. The average molecular weight is 417 g/mol. The highest BCUT2D eigenvalue weighted by atomic mass is 127. The van der Waals surface area contributed by atoms with Crippen molar-refractivity contribution in [1.82, 2.24) is 14.7 Å². The van der Waals surface area contributed by atoms with Crippen molar-refractivity contribution in [2.75, 3.05) is 6.61 Å². The van der Waals surface area contributed by atoms with Crippen LogP contribution in [0.25, 0.3) is 11.0 Å². The first-order valence-corrected chi connectivity index (χ1v) is 7.51. The number of hydrogen-bond donors (Lipinski definition) is 1. The third-order valence-electron chi connectivity index (χ3n) is 2.93. The lowest BCUT2D eigenvalue weighted by Crippen LogP contribution is -2.34. The number of carboxylic acids is 1. The number of nitrogens with zero attached hydrogens (tertiary/aromatic N) is 3. The fraction of sp³-hybridized carbons (Fsp3) is 0.308. The van der Waals surface area contributed by atoms with E-state index in [1.807, 2.05) is 6.92 Å². The van der Waals surface area contributed by atoms with E-state index in [0.29, 0.717) is 12.7 Å². The van der Waals surface area contributed by atoms with Crippen molar-refractivity contribution in [2.24, 2.45) is 0 Å². The predicted molar refractivity (Wildman–Crippen MR) is 85.2 cm³/mol. The molecule has 0 atom stereocenters. The summed E-state index contributed by atoms with van der Waals surface area (Å²) in [6.07, 6.45) is 3.14.